The number of hydrogen-bond acceptors (Lipinski definition) is 3. The molecule has 2 amide bonds. The standard InChI is InChI=1S/C18H24ClN3O2/c19-13-4-6-14(7-5-13)21-16(23)17(24)22-15-8-11-20-18(12-15)9-2-1-3-10-18/h4-7,15,20H,1-3,8-12H2,(H,21,23)(H,22,24). The van der Waals surface area contributed by atoms with Gasteiger partial charge in [-0.2, -0.15) is 0 Å². The van der Waals surface area contributed by atoms with Crippen LogP contribution in [-0.2, 0) is 9.59 Å². The topological polar surface area (TPSA) is 70.2 Å². The number of rotatable bonds is 2. The second-order valence-electron chi connectivity index (χ2n) is 6.89. The summed E-state index contributed by atoms with van der Waals surface area (Å²) >= 11 is 5.81. The van der Waals surface area contributed by atoms with Gasteiger partial charge >= 0.3 is 11.8 Å². The van der Waals surface area contributed by atoms with Crippen LogP contribution in [0.15, 0.2) is 24.3 Å². The SMILES string of the molecule is O=C(Nc1ccc(Cl)cc1)C(=O)NC1CCNC2(CCCCC2)C1. The molecule has 6 heteroatoms. The third-order valence-electron chi connectivity index (χ3n) is 5.08. The maximum Gasteiger partial charge on any atom is 0.313 e. The predicted molar refractivity (Wildman–Crippen MR) is 95.1 cm³/mol. The first kappa shape index (κ1) is 17.2. The van der Waals surface area contributed by atoms with Gasteiger partial charge in [0.05, 0.1) is 0 Å². The molecule has 1 spiro atoms. The van der Waals surface area contributed by atoms with Crippen molar-refractivity contribution in [1.29, 1.82) is 0 Å². The molecule has 2 aliphatic rings. The Bertz CT molecular complexity index is 591. The normalized spacial score (nSPS) is 22.8. The summed E-state index contributed by atoms with van der Waals surface area (Å²) in [6.45, 7) is 0.893. The fourth-order valence-corrected chi connectivity index (χ4v) is 3.99. The Balaban J connectivity index is 1.53. The molecule has 130 valence electrons. The zero-order valence-electron chi connectivity index (χ0n) is 13.7. The van der Waals surface area contributed by atoms with Gasteiger partial charge in [-0.15, -0.1) is 0 Å². The molecule has 1 saturated carbocycles. The van der Waals surface area contributed by atoms with E-state index in [9.17, 15) is 9.59 Å². The number of piperidine rings is 1. The fraction of sp³-hybridized carbons (Fsp3) is 0.556. The van der Waals surface area contributed by atoms with E-state index < -0.39 is 11.8 Å². The Labute approximate surface area is 147 Å². The van der Waals surface area contributed by atoms with Crippen molar-refractivity contribution in [3.05, 3.63) is 29.3 Å². The van der Waals surface area contributed by atoms with Crippen LogP contribution >= 0.6 is 11.6 Å². The zero-order valence-corrected chi connectivity index (χ0v) is 14.5. The van der Waals surface area contributed by atoms with Crippen LogP contribution < -0.4 is 16.0 Å². The number of hydrogen-bond donors (Lipinski definition) is 3. The van der Waals surface area contributed by atoms with Crippen LogP contribution in [-0.4, -0.2) is 29.9 Å². The van der Waals surface area contributed by atoms with Crippen molar-refractivity contribution < 1.29 is 9.59 Å². The van der Waals surface area contributed by atoms with E-state index in [1.807, 2.05) is 0 Å². The first-order valence-electron chi connectivity index (χ1n) is 8.69. The minimum Gasteiger partial charge on any atom is -0.345 e. The number of halogens is 1. The van der Waals surface area contributed by atoms with Gasteiger partial charge in [-0.05, 0) is 56.5 Å². The molecule has 5 nitrogen and oxygen atoms in total. The first-order chi connectivity index (χ1) is 11.6. The Hall–Kier alpha value is -1.59. The van der Waals surface area contributed by atoms with Crippen LogP contribution in [0.25, 0.3) is 0 Å². The van der Waals surface area contributed by atoms with Crippen molar-refractivity contribution in [2.75, 3.05) is 11.9 Å². The van der Waals surface area contributed by atoms with Gasteiger partial charge < -0.3 is 16.0 Å². The number of benzene rings is 1. The van der Waals surface area contributed by atoms with Crippen LogP contribution in [0.3, 0.4) is 0 Å². The molecule has 3 rings (SSSR count). The van der Waals surface area contributed by atoms with Crippen molar-refractivity contribution >= 4 is 29.1 Å². The van der Waals surface area contributed by atoms with Crippen LogP contribution in [0.5, 0.6) is 0 Å². The summed E-state index contributed by atoms with van der Waals surface area (Å²) in [6, 6.07) is 6.76. The van der Waals surface area contributed by atoms with Crippen molar-refractivity contribution in [2.24, 2.45) is 0 Å². The van der Waals surface area contributed by atoms with Crippen molar-refractivity contribution in [1.82, 2.24) is 10.6 Å². The molecule has 1 aliphatic heterocycles. The Morgan fingerprint density at radius 3 is 2.50 bits per heavy atom. The van der Waals surface area contributed by atoms with E-state index in [1.54, 1.807) is 24.3 Å². The van der Waals surface area contributed by atoms with Crippen LogP contribution in [0.1, 0.15) is 44.9 Å². The molecule has 1 aromatic carbocycles. The molecular formula is C18H24ClN3O2. The molecule has 3 N–H and O–H groups in total. The number of anilines is 1. The molecule has 1 saturated heterocycles. The number of carbonyl (C=O) groups excluding carboxylic acids is 2. The lowest BCUT2D eigenvalue weighted by Crippen LogP contribution is -2.57. The van der Waals surface area contributed by atoms with E-state index >= 15 is 0 Å². The third-order valence-corrected chi connectivity index (χ3v) is 5.34. The third kappa shape index (κ3) is 4.28. The van der Waals surface area contributed by atoms with E-state index in [0.29, 0.717) is 10.7 Å². The van der Waals surface area contributed by atoms with E-state index in [-0.39, 0.29) is 11.6 Å². The maximum absolute atomic E-state index is 12.2. The molecule has 0 aromatic heterocycles. The zero-order chi connectivity index (χ0) is 17.0. The smallest absolute Gasteiger partial charge is 0.313 e. The number of nitrogens with one attached hydrogen (secondary N) is 3. The molecule has 1 aliphatic carbocycles. The van der Waals surface area contributed by atoms with Gasteiger partial charge in [0.1, 0.15) is 0 Å². The summed E-state index contributed by atoms with van der Waals surface area (Å²) in [4.78, 5) is 24.3. The summed E-state index contributed by atoms with van der Waals surface area (Å²) in [5.74, 6) is -1.20. The Morgan fingerprint density at radius 1 is 1.08 bits per heavy atom. The first-order valence-corrected chi connectivity index (χ1v) is 9.07. The average Bonchev–Trinajstić information content (AvgIpc) is 2.57. The lowest BCUT2D eigenvalue weighted by atomic mass is 9.75. The van der Waals surface area contributed by atoms with E-state index in [4.69, 9.17) is 11.6 Å². The molecule has 1 aromatic rings. The highest BCUT2D eigenvalue weighted by molar-refractivity contribution is 6.39. The second kappa shape index (κ2) is 7.53. The second-order valence-corrected chi connectivity index (χ2v) is 7.33. The maximum atomic E-state index is 12.2. The number of carbonyl (C=O) groups is 2. The minimum absolute atomic E-state index is 0.0628. The summed E-state index contributed by atoms with van der Waals surface area (Å²) in [7, 11) is 0. The van der Waals surface area contributed by atoms with Crippen molar-refractivity contribution in [3.63, 3.8) is 0 Å². The average molecular weight is 350 g/mol. The Morgan fingerprint density at radius 2 is 1.79 bits per heavy atom. The van der Waals surface area contributed by atoms with Gasteiger partial charge in [-0.3, -0.25) is 9.59 Å². The molecule has 0 bridgehead atoms. The minimum atomic E-state index is -0.631. The van der Waals surface area contributed by atoms with Gasteiger partial charge in [-0.1, -0.05) is 30.9 Å². The number of amides is 2. The molecule has 1 atom stereocenters. The lowest BCUT2D eigenvalue weighted by Gasteiger charge is -2.44. The summed E-state index contributed by atoms with van der Waals surface area (Å²) < 4.78 is 0. The molecule has 2 fully saturated rings. The molecule has 0 radical (unpaired) electrons. The highest BCUT2D eigenvalue weighted by Gasteiger charge is 2.37. The fourth-order valence-electron chi connectivity index (χ4n) is 3.86. The van der Waals surface area contributed by atoms with E-state index in [2.05, 4.69) is 16.0 Å². The van der Waals surface area contributed by atoms with Crippen molar-refractivity contribution in [2.45, 2.75) is 56.5 Å². The van der Waals surface area contributed by atoms with Crippen LogP contribution in [0, 0.1) is 0 Å². The monoisotopic (exact) mass is 349 g/mol. The highest BCUT2D eigenvalue weighted by atomic mass is 35.5. The lowest BCUT2D eigenvalue weighted by molar-refractivity contribution is -0.136. The summed E-state index contributed by atoms with van der Waals surface area (Å²) in [6.07, 6.45) is 7.88. The van der Waals surface area contributed by atoms with Gasteiger partial charge in [0.2, 0.25) is 0 Å². The molecule has 24 heavy (non-hydrogen) atoms. The van der Waals surface area contributed by atoms with Crippen LogP contribution in [0.4, 0.5) is 5.69 Å². The van der Waals surface area contributed by atoms with Gasteiger partial charge in [0, 0.05) is 22.3 Å². The van der Waals surface area contributed by atoms with E-state index in [0.717, 1.165) is 32.2 Å². The Kier molecular flexibility index (Phi) is 5.41. The van der Waals surface area contributed by atoms with Gasteiger partial charge in [-0.25, -0.2) is 0 Å². The highest BCUT2D eigenvalue weighted by Crippen LogP contribution is 2.34. The molecule has 1 heterocycles. The van der Waals surface area contributed by atoms with Gasteiger partial charge in [0.25, 0.3) is 0 Å². The van der Waals surface area contributed by atoms with Crippen molar-refractivity contribution in [3.8, 4) is 0 Å². The largest absolute Gasteiger partial charge is 0.345 e. The summed E-state index contributed by atoms with van der Waals surface area (Å²) in [5, 5.41) is 9.74. The molecular weight excluding hydrogens is 326 g/mol. The molecule has 1 unspecified atom stereocenters. The van der Waals surface area contributed by atoms with Gasteiger partial charge in [0.15, 0.2) is 0 Å². The quantitative estimate of drug-likeness (QED) is 0.719. The van der Waals surface area contributed by atoms with E-state index in [1.165, 1.54) is 19.3 Å². The predicted octanol–water partition coefficient (Wildman–Crippen LogP) is 2.85. The summed E-state index contributed by atoms with van der Waals surface area (Å²) in [5.41, 5.74) is 0.717. The van der Waals surface area contributed by atoms with Crippen LogP contribution in [0.2, 0.25) is 5.02 Å².